The molecule has 1 aromatic carbocycles. The quantitative estimate of drug-likeness (QED) is 0.841. The van der Waals surface area contributed by atoms with Crippen LogP contribution in [0.3, 0.4) is 0 Å². The zero-order valence-corrected chi connectivity index (χ0v) is 9.09. The fraction of sp³-hybridized carbons (Fsp3) is 0.455. The molecule has 0 radical (unpaired) electrons. The molecule has 0 amide bonds. The predicted octanol–water partition coefficient (Wildman–Crippen LogP) is 1.98. The first-order chi connectivity index (χ1) is 7.52. The molecule has 1 rings (SSSR count). The van der Waals surface area contributed by atoms with E-state index in [1.807, 2.05) is 0 Å². The van der Waals surface area contributed by atoms with Crippen molar-refractivity contribution in [1.82, 2.24) is 4.90 Å². The molecule has 1 aromatic rings. The number of nitrogens with zero attached hydrogens (tertiary/aromatic N) is 1. The summed E-state index contributed by atoms with van der Waals surface area (Å²) < 4.78 is 37.2. The van der Waals surface area contributed by atoms with E-state index in [0.717, 1.165) is 5.56 Å². The number of halogens is 3. The molecule has 2 nitrogen and oxygen atoms in total. The molecule has 16 heavy (non-hydrogen) atoms. The molecule has 0 heterocycles. The largest absolute Gasteiger partial charge is 0.326 e. The van der Waals surface area contributed by atoms with Crippen molar-refractivity contribution in [2.24, 2.45) is 5.73 Å². The minimum atomic E-state index is -2.39. The summed E-state index contributed by atoms with van der Waals surface area (Å²) in [5, 5.41) is 0. The molecule has 0 fully saturated rings. The van der Waals surface area contributed by atoms with E-state index < -0.39 is 6.43 Å². The van der Waals surface area contributed by atoms with Gasteiger partial charge in [-0.3, -0.25) is 4.90 Å². The molecule has 0 aliphatic carbocycles. The molecule has 0 aliphatic rings. The standard InChI is InChI=1S/C11H15F3N2/c1-16(7-11(13)14)6-9-4-10(12)3-2-8(9)5-15/h2-4,11H,5-7,15H2,1H3. The zero-order chi connectivity index (χ0) is 12.1. The molecular weight excluding hydrogens is 217 g/mol. The van der Waals surface area contributed by atoms with Crippen molar-refractivity contribution in [3.05, 3.63) is 35.1 Å². The van der Waals surface area contributed by atoms with Gasteiger partial charge in [-0.25, -0.2) is 13.2 Å². The minimum absolute atomic E-state index is 0.272. The smallest absolute Gasteiger partial charge is 0.251 e. The fourth-order valence-electron chi connectivity index (χ4n) is 1.53. The van der Waals surface area contributed by atoms with Crippen LogP contribution in [0.4, 0.5) is 13.2 Å². The SMILES string of the molecule is CN(Cc1cc(F)ccc1CN)CC(F)F. The van der Waals surface area contributed by atoms with E-state index in [0.29, 0.717) is 5.56 Å². The molecule has 5 heteroatoms. The molecular formula is C11H15F3N2. The molecule has 0 aromatic heterocycles. The molecule has 0 saturated carbocycles. The van der Waals surface area contributed by atoms with E-state index in [-0.39, 0.29) is 25.5 Å². The summed E-state index contributed by atoms with van der Waals surface area (Å²) in [6.07, 6.45) is -2.39. The van der Waals surface area contributed by atoms with Crippen LogP contribution in [0.2, 0.25) is 0 Å². The van der Waals surface area contributed by atoms with E-state index in [1.165, 1.54) is 17.0 Å². The minimum Gasteiger partial charge on any atom is -0.326 e. The van der Waals surface area contributed by atoms with Crippen LogP contribution >= 0.6 is 0 Å². The Hall–Kier alpha value is -1.07. The number of rotatable bonds is 5. The number of alkyl halides is 2. The first kappa shape index (κ1) is 13.0. The Labute approximate surface area is 92.9 Å². The summed E-state index contributed by atoms with van der Waals surface area (Å²) >= 11 is 0. The number of hydrogen-bond donors (Lipinski definition) is 1. The van der Waals surface area contributed by atoms with Gasteiger partial charge in [-0.15, -0.1) is 0 Å². The van der Waals surface area contributed by atoms with Gasteiger partial charge < -0.3 is 5.73 Å². The lowest BCUT2D eigenvalue weighted by Gasteiger charge is -2.18. The highest BCUT2D eigenvalue weighted by atomic mass is 19.3. The van der Waals surface area contributed by atoms with Crippen LogP contribution in [0.1, 0.15) is 11.1 Å². The molecule has 0 atom stereocenters. The Morgan fingerprint density at radius 1 is 1.31 bits per heavy atom. The van der Waals surface area contributed by atoms with Gasteiger partial charge in [0.25, 0.3) is 6.43 Å². The average Bonchev–Trinajstić information content (AvgIpc) is 2.16. The normalized spacial score (nSPS) is 11.4. The predicted molar refractivity (Wildman–Crippen MR) is 56.6 cm³/mol. The maximum absolute atomic E-state index is 13.0. The van der Waals surface area contributed by atoms with Crippen LogP contribution in [-0.4, -0.2) is 24.9 Å². The van der Waals surface area contributed by atoms with Crippen molar-refractivity contribution in [1.29, 1.82) is 0 Å². The Kier molecular flexibility index (Phi) is 4.76. The second kappa shape index (κ2) is 5.86. The van der Waals surface area contributed by atoms with Gasteiger partial charge in [0.05, 0.1) is 6.54 Å². The van der Waals surface area contributed by atoms with Gasteiger partial charge in [0.15, 0.2) is 0 Å². The lowest BCUT2D eigenvalue weighted by molar-refractivity contribution is 0.0974. The van der Waals surface area contributed by atoms with Crippen LogP contribution < -0.4 is 5.73 Å². The summed E-state index contributed by atoms with van der Waals surface area (Å²) in [6, 6.07) is 4.24. The highest BCUT2D eigenvalue weighted by Gasteiger charge is 2.10. The molecule has 0 unspecified atom stereocenters. The first-order valence-electron chi connectivity index (χ1n) is 4.97. The van der Waals surface area contributed by atoms with Gasteiger partial charge in [0, 0.05) is 13.1 Å². The van der Waals surface area contributed by atoms with Crippen LogP contribution in [0.5, 0.6) is 0 Å². The first-order valence-corrected chi connectivity index (χ1v) is 4.97. The van der Waals surface area contributed by atoms with E-state index >= 15 is 0 Å². The second-order valence-corrected chi connectivity index (χ2v) is 3.70. The highest BCUT2D eigenvalue weighted by Crippen LogP contribution is 2.13. The van der Waals surface area contributed by atoms with E-state index in [4.69, 9.17) is 5.73 Å². The van der Waals surface area contributed by atoms with Crippen molar-refractivity contribution in [3.8, 4) is 0 Å². The van der Waals surface area contributed by atoms with Crippen molar-refractivity contribution in [3.63, 3.8) is 0 Å². The summed E-state index contributed by atoms with van der Waals surface area (Å²) in [5.74, 6) is -0.377. The fourth-order valence-corrected chi connectivity index (χ4v) is 1.53. The summed E-state index contributed by atoms with van der Waals surface area (Å²) in [6.45, 7) is 0.216. The monoisotopic (exact) mass is 232 g/mol. The van der Waals surface area contributed by atoms with Crippen LogP contribution in [0.25, 0.3) is 0 Å². The van der Waals surface area contributed by atoms with Gasteiger partial charge in [0.1, 0.15) is 5.82 Å². The van der Waals surface area contributed by atoms with Gasteiger partial charge in [-0.2, -0.15) is 0 Å². The van der Waals surface area contributed by atoms with Crippen molar-refractivity contribution in [2.45, 2.75) is 19.5 Å². The van der Waals surface area contributed by atoms with Crippen molar-refractivity contribution >= 4 is 0 Å². The molecule has 90 valence electrons. The molecule has 0 spiro atoms. The molecule has 0 bridgehead atoms. The van der Waals surface area contributed by atoms with Gasteiger partial charge in [-0.1, -0.05) is 6.07 Å². The lowest BCUT2D eigenvalue weighted by Crippen LogP contribution is -2.25. The van der Waals surface area contributed by atoms with Crippen LogP contribution in [0.15, 0.2) is 18.2 Å². The van der Waals surface area contributed by atoms with Gasteiger partial charge in [0.2, 0.25) is 0 Å². The van der Waals surface area contributed by atoms with Crippen molar-refractivity contribution < 1.29 is 13.2 Å². The third-order valence-corrected chi connectivity index (χ3v) is 2.28. The Balaban J connectivity index is 2.74. The third-order valence-electron chi connectivity index (χ3n) is 2.28. The lowest BCUT2D eigenvalue weighted by atomic mass is 10.1. The molecule has 0 saturated heterocycles. The molecule has 2 N–H and O–H groups in total. The van der Waals surface area contributed by atoms with Gasteiger partial charge in [-0.05, 0) is 30.3 Å². The Morgan fingerprint density at radius 3 is 2.56 bits per heavy atom. The average molecular weight is 232 g/mol. The van der Waals surface area contributed by atoms with E-state index in [9.17, 15) is 13.2 Å². The maximum Gasteiger partial charge on any atom is 0.251 e. The second-order valence-electron chi connectivity index (χ2n) is 3.70. The topological polar surface area (TPSA) is 29.3 Å². The Morgan fingerprint density at radius 2 is 2.00 bits per heavy atom. The number of benzene rings is 1. The summed E-state index contributed by atoms with van der Waals surface area (Å²) in [7, 11) is 1.57. The highest BCUT2D eigenvalue weighted by molar-refractivity contribution is 5.27. The third kappa shape index (κ3) is 3.83. The van der Waals surface area contributed by atoms with E-state index in [1.54, 1.807) is 13.1 Å². The zero-order valence-electron chi connectivity index (χ0n) is 9.09. The summed E-state index contributed by atoms with van der Waals surface area (Å²) in [4.78, 5) is 1.44. The maximum atomic E-state index is 13.0. The molecule has 0 aliphatic heterocycles. The van der Waals surface area contributed by atoms with E-state index in [2.05, 4.69) is 0 Å². The van der Waals surface area contributed by atoms with Crippen LogP contribution in [0, 0.1) is 5.82 Å². The summed E-state index contributed by atoms with van der Waals surface area (Å²) in [5.41, 5.74) is 6.93. The Bertz CT molecular complexity index is 342. The van der Waals surface area contributed by atoms with Gasteiger partial charge >= 0.3 is 0 Å². The van der Waals surface area contributed by atoms with Crippen molar-refractivity contribution in [2.75, 3.05) is 13.6 Å². The number of nitrogens with two attached hydrogens (primary N) is 1. The van der Waals surface area contributed by atoms with Crippen LogP contribution in [-0.2, 0) is 13.1 Å². The number of hydrogen-bond acceptors (Lipinski definition) is 2.